The summed E-state index contributed by atoms with van der Waals surface area (Å²) in [5.41, 5.74) is 5.13. The Balaban J connectivity index is 3.29. The number of carbonyl (C=O) groups is 1. The molecule has 0 heterocycles. The molecule has 0 aliphatic rings. The lowest BCUT2D eigenvalue weighted by Gasteiger charge is -2.11. The third-order valence-electron chi connectivity index (χ3n) is 1.88. The minimum absolute atomic E-state index is 0.294. The number of primary amides is 1. The molecule has 0 saturated carbocycles. The summed E-state index contributed by atoms with van der Waals surface area (Å²) in [6.07, 6.45) is 1.48. The summed E-state index contributed by atoms with van der Waals surface area (Å²) in [5, 5.41) is 2.82. The minimum Gasteiger partial charge on any atom is -0.385 e. The van der Waals surface area contributed by atoms with Crippen molar-refractivity contribution in [2.75, 3.05) is 34.0 Å². The van der Waals surface area contributed by atoms with Crippen molar-refractivity contribution >= 4 is 5.91 Å². The minimum atomic E-state index is -0.340. The number of rotatable bonds is 9. The lowest BCUT2D eigenvalue weighted by Crippen LogP contribution is -2.39. The van der Waals surface area contributed by atoms with Gasteiger partial charge in [0, 0.05) is 26.9 Å². The molecular formula is C9H20N2O3. The van der Waals surface area contributed by atoms with Crippen LogP contribution < -0.4 is 11.1 Å². The summed E-state index contributed by atoms with van der Waals surface area (Å²) in [6, 6.07) is -0.294. The van der Waals surface area contributed by atoms with E-state index >= 15 is 0 Å². The third-order valence-corrected chi connectivity index (χ3v) is 1.88. The maximum atomic E-state index is 10.8. The molecule has 1 atom stereocenters. The van der Waals surface area contributed by atoms with Gasteiger partial charge in [-0.25, -0.2) is 0 Å². The smallest absolute Gasteiger partial charge is 0.234 e. The van der Waals surface area contributed by atoms with Gasteiger partial charge in [0.1, 0.15) is 0 Å². The van der Waals surface area contributed by atoms with Gasteiger partial charge < -0.3 is 20.5 Å². The van der Waals surface area contributed by atoms with Crippen molar-refractivity contribution in [2.24, 2.45) is 5.73 Å². The van der Waals surface area contributed by atoms with Crippen molar-refractivity contribution in [3.8, 4) is 0 Å². The number of amides is 1. The number of methoxy groups -OCH3 is 1. The molecule has 0 aromatic carbocycles. The van der Waals surface area contributed by atoms with Crippen LogP contribution >= 0.6 is 0 Å². The molecule has 0 spiro atoms. The normalized spacial score (nSPS) is 12.7. The topological polar surface area (TPSA) is 73.6 Å². The van der Waals surface area contributed by atoms with Crippen LogP contribution in [0.2, 0.25) is 0 Å². The van der Waals surface area contributed by atoms with Crippen LogP contribution in [0.3, 0.4) is 0 Å². The molecule has 0 rings (SSSR count). The van der Waals surface area contributed by atoms with Crippen molar-refractivity contribution in [1.29, 1.82) is 0 Å². The molecule has 0 bridgehead atoms. The Kier molecular flexibility index (Phi) is 8.51. The highest BCUT2D eigenvalue weighted by Gasteiger charge is 2.11. The maximum Gasteiger partial charge on any atom is 0.234 e. The van der Waals surface area contributed by atoms with E-state index in [1.807, 2.05) is 0 Å². The number of hydrogen-bond donors (Lipinski definition) is 2. The Labute approximate surface area is 84.9 Å². The van der Waals surface area contributed by atoms with Crippen molar-refractivity contribution in [3.05, 3.63) is 0 Å². The highest BCUT2D eigenvalue weighted by molar-refractivity contribution is 5.79. The molecule has 84 valence electrons. The van der Waals surface area contributed by atoms with Gasteiger partial charge in [-0.2, -0.15) is 0 Å². The van der Waals surface area contributed by atoms with Gasteiger partial charge in [0.2, 0.25) is 5.91 Å². The van der Waals surface area contributed by atoms with Gasteiger partial charge in [0.05, 0.1) is 6.04 Å². The van der Waals surface area contributed by atoms with Crippen LogP contribution in [0.25, 0.3) is 0 Å². The van der Waals surface area contributed by atoms with Crippen molar-refractivity contribution in [2.45, 2.75) is 18.9 Å². The van der Waals surface area contributed by atoms with Crippen LogP contribution in [-0.4, -0.2) is 45.9 Å². The molecule has 0 fully saturated rings. The monoisotopic (exact) mass is 204 g/mol. The van der Waals surface area contributed by atoms with Crippen LogP contribution in [0.5, 0.6) is 0 Å². The Bertz CT molecular complexity index is 153. The van der Waals surface area contributed by atoms with E-state index in [9.17, 15) is 4.79 Å². The number of hydrogen-bond acceptors (Lipinski definition) is 4. The van der Waals surface area contributed by atoms with E-state index in [4.69, 9.17) is 15.2 Å². The second-order valence-electron chi connectivity index (χ2n) is 2.99. The second-order valence-corrected chi connectivity index (χ2v) is 2.99. The van der Waals surface area contributed by atoms with Crippen LogP contribution in [0.15, 0.2) is 0 Å². The van der Waals surface area contributed by atoms with Crippen LogP contribution in [0.4, 0.5) is 0 Å². The first kappa shape index (κ1) is 13.4. The zero-order valence-corrected chi connectivity index (χ0v) is 8.91. The molecule has 1 amide bonds. The Hall–Kier alpha value is -0.650. The molecule has 3 N–H and O–H groups in total. The third kappa shape index (κ3) is 6.82. The maximum absolute atomic E-state index is 10.8. The fraction of sp³-hybridized carbons (Fsp3) is 0.889. The van der Waals surface area contributed by atoms with Gasteiger partial charge in [-0.1, -0.05) is 0 Å². The zero-order chi connectivity index (χ0) is 10.8. The summed E-state index contributed by atoms with van der Waals surface area (Å²) in [5.74, 6) is -0.340. The molecule has 0 aliphatic carbocycles. The lowest BCUT2D eigenvalue weighted by atomic mass is 10.2. The highest BCUT2D eigenvalue weighted by atomic mass is 16.5. The standard InChI is InChI=1S/C9H20N2O3/c1-11-8(9(10)12)4-7-14-6-3-5-13-2/h8,11H,3-7H2,1-2H3,(H2,10,12). The number of ether oxygens (including phenoxy) is 2. The summed E-state index contributed by atoms with van der Waals surface area (Å²) in [4.78, 5) is 10.8. The van der Waals surface area contributed by atoms with E-state index in [0.29, 0.717) is 26.2 Å². The zero-order valence-electron chi connectivity index (χ0n) is 8.91. The molecule has 5 heteroatoms. The second kappa shape index (κ2) is 8.93. The van der Waals surface area contributed by atoms with Gasteiger partial charge in [-0.15, -0.1) is 0 Å². The number of nitrogens with two attached hydrogens (primary N) is 1. The highest BCUT2D eigenvalue weighted by Crippen LogP contribution is 1.92. The first-order chi connectivity index (χ1) is 6.72. The first-order valence-corrected chi connectivity index (χ1v) is 4.75. The van der Waals surface area contributed by atoms with Gasteiger partial charge in [-0.3, -0.25) is 4.79 Å². The molecule has 0 radical (unpaired) electrons. The summed E-state index contributed by atoms with van der Waals surface area (Å²) < 4.78 is 10.2. The quantitative estimate of drug-likeness (QED) is 0.497. The van der Waals surface area contributed by atoms with Crippen LogP contribution in [0.1, 0.15) is 12.8 Å². The Morgan fingerprint density at radius 3 is 2.64 bits per heavy atom. The van der Waals surface area contributed by atoms with Gasteiger partial charge >= 0.3 is 0 Å². The Morgan fingerprint density at radius 1 is 1.43 bits per heavy atom. The van der Waals surface area contributed by atoms with E-state index in [1.165, 1.54) is 0 Å². The molecule has 5 nitrogen and oxygen atoms in total. The first-order valence-electron chi connectivity index (χ1n) is 4.75. The summed E-state index contributed by atoms with van der Waals surface area (Å²) >= 11 is 0. The van der Waals surface area contributed by atoms with Crippen molar-refractivity contribution < 1.29 is 14.3 Å². The largest absolute Gasteiger partial charge is 0.385 e. The van der Waals surface area contributed by atoms with Gasteiger partial charge in [0.15, 0.2) is 0 Å². The number of nitrogens with one attached hydrogen (secondary N) is 1. The molecular weight excluding hydrogens is 184 g/mol. The Morgan fingerprint density at radius 2 is 2.14 bits per heavy atom. The van der Waals surface area contributed by atoms with E-state index < -0.39 is 0 Å². The average Bonchev–Trinajstić information content (AvgIpc) is 2.16. The van der Waals surface area contributed by atoms with E-state index in [1.54, 1.807) is 14.2 Å². The SMILES string of the molecule is CNC(CCOCCCOC)C(N)=O. The molecule has 0 saturated heterocycles. The van der Waals surface area contributed by atoms with Crippen LogP contribution in [-0.2, 0) is 14.3 Å². The number of carbonyl (C=O) groups excluding carboxylic acids is 1. The summed E-state index contributed by atoms with van der Waals surface area (Å²) in [7, 11) is 3.37. The predicted molar refractivity (Wildman–Crippen MR) is 54.0 cm³/mol. The molecule has 14 heavy (non-hydrogen) atoms. The fourth-order valence-corrected chi connectivity index (χ4v) is 1.04. The predicted octanol–water partition coefficient (Wildman–Crippen LogP) is -0.497. The number of likely N-dealkylation sites (N-methyl/N-ethyl adjacent to an activating group) is 1. The van der Waals surface area contributed by atoms with Gasteiger partial charge in [-0.05, 0) is 19.9 Å². The fourth-order valence-electron chi connectivity index (χ4n) is 1.04. The average molecular weight is 204 g/mol. The summed E-state index contributed by atoms with van der Waals surface area (Å²) in [6.45, 7) is 1.90. The van der Waals surface area contributed by atoms with E-state index in [-0.39, 0.29) is 11.9 Å². The molecule has 0 aromatic rings. The molecule has 0 aliphatic heterocycles. The van der Waals surface area contributed by atoms with Gasteiger partial charge in [0.25, 0.3) is 0 Å². The van der Waals surface area contributed by atoms with Crippen molar-refractivity contribution in [3.63, 3.8) is 0 Å². The van der Waals surface area contributed by atoms with E-state index in [0.717, 1.165) is 6.42 Å². The van der Waals surface area contributed by atoms with Crippen LogP contribution in [0, 0.1) is 0 Å². The molecule has 0 aromatic heterocycles. The van der Waals surface area contributed by atoms with Crippen molar-refractivity contribution in [1.82, 2.24) is 5.32 Å². The molecule has 1 unspecified atom stereocenters. The lowest BCUT2D eigenvalue weighted by molar-refractivity contribution is -0.120. The van der Waals surface area contributed by atoms with E-state index in [2.05, 4.69) is 5.32 Å².